The summed E-state index contributed by atoms with van der Waals surface area (Å²) >= 11 is 5.79. The summed E-state index contributed by atoms with van der Waals surface area (Å²) in [5, 5.41) is 3.07. The summed E-state index contributed by atoms with van der Waals surface area (Å²) in [5.41, 5.74) is 0.0615. The third kappa shape index (κ3) is 5.20. The number of rotatable bonds is 5. The largest absolute Gasteiger partial charge is 0.459 e. The Morgan fingerprint density at radius 1 is 1.30 bits per heavy atom. The Balaban J connectivity index is 1.36. The van der Waals surface area contributed by atoms with E-state index in [1.807, 2.05) is 20.8 Å². The van der Waals surface area contributed by atoms with E-state index in [1.54, 1.807) is 0 Å². The molecular weight excluding hydrogens is 371 g/mol. The van der Waals surface area contributed by atoms with E-state index in [1.165, 1.54) is 18.2 Å². The number of hydrogen-bond donors (Lipinski definition) is 1. The number of carbonyl (C=O) groups excluding carboxylic acids is 2. The third-order valence-electron chi connectivity index (χ3n) is 5.01. The maximum atomic E-state index is 13.3. The number of carbonyl (C=O) groups is 2. The lowest BCUT2D eigenvalue weighted by atomic mass is 9.57. The zero-order chi connectivity index (χ0) is 19.8. The minimum Gasteiger partial charge on any atom is -0.459 e. The number of nitrogens with one attached hydrogen (secondary N) is 1. The van der Waals surface area contributed by atoms with Crippen molar-refractivity contribution in [3.63, 3.8) is 0 Å². The van der Waals surface area contributed by atoms with Gasteiger partial charge in [0, 0.05) is 30.2 Å². The SMILES string of the molecule is CC(C)(C)OC(=O)CN1CC2(CC(CNC(=O)c3cc(F)cc(Cl)c3)C2)C1. The summed E-state index contributed by atoms with van der Waals surface area (Å²) in [7, 11) is 0. The second-order valence-electron chi connectivity index (χ2n) is 8.87. The smallest absolute Gasteiger partial charge is 0.320 e. The zero-order valence-corrected chi connectivity index (χ0v) is 16.7. The molecule has 7 heteroatoms. The van der Waals surface area contributed by atoms with Crippen molar-refractivity contribution in [2.24, 2.45) is 11.3 Å². The van der Waals surface area contributed by atoms with Crippen LogP contribution < -0.4 is 5.32 Å². The van der Waals surface area contributed by atoms with Crippen LogP contribution in [0.4, 0.5) is 4.39 Å². The highest BCUT2D eigenvalue weighted by molar-refractivity contribution is 6.31. The molecule has 1 amide bonds. The maximum Gasteiger partial charge on any atom is 0.320 e. The second kappa shape index (κ2) is 7.40. The average Bonchev–Trinajstić information content (AvgIpc) is 2.43. The van der Waals surface area contributed by atoms with Crippen molar-refractivity contribution >= 4 is 23.5 Å². The molecule has 27 heavy (non-hydrogen) atoms. The van der Waals surface area contributed by atoms with Gasteiger partial charge >= 0.3 is 5.97 Å². The van der Waals surface area contributed by atoms with Crippen molar-refractivity contribution < 1.29 is 18.7 Å². The minimum absolute atomic E-state index is 0.186. The van der Waals surface area contributed by atoms with E-state index in [9.17, 15) is 14.0 Å². The van der Waals surface area contributed by atoms with Gasteiger partial charge in [-0.3, -0.25) is 14.5 Å². The van der Waals surface area contributed by atoms with Gasteiger partial charge in [0.05, 0.1) is 6.54 Å². The van der Waals surface area contributed by atoms with Gasteiger partial charge in [-0.25, -0.2) is 4.39 Å². The van der Waals surface area contributed by atoms with Crippen LogP contribution in [0, 0.1) is 17.2 Å². The number of amides is 1. The number of halogens is 2. The van der Waals surface area contributed by atoms with E-state index >= 15 is 0 Å². The van der Waals surface area contributed by atoms with Gasteiger partial charge in [0.1, 0.15) is 11.4 Å². The highest BCUT2D eigenvalue weighted by Crippen LogP contribution is 2.51. The molecule has 0 aromatic heterocycles. The summed E-state index contributed by atoms with van der Waals surface area (Å²) < 4.78 is 18.7. The van der Waals surface area contributed by atoms with Crippen molar-refractivity contribution in [1.82, 2.24) is 10.2 Å². The Hall–Kier alpha value is -1.66. The van der Waals surface area contributed by atoms with Gasteiger partial charge in [0.2, 0.25) is 0 Å². The lowest BCUT2D eigenvalue weighted by Crippen LogP contribution is -2.64. The molecule has 1 spiro atoms. The van der Waals surface area contributed by atoms with Crippen LogP contribution >= 0.6 is 11.6 Å². The molecule has 2 aliphatic rings. The molecule has 0 unspecified atom stereocenters. The fraction of sp³-hybridized carbons (Fsp3) is 0.600. The quantitative estimate of drug-likeness (QED) is 0.776. The summed E-state index contributed by atoms with van der Waals surface area (Å²) in [6.45, 7) is 8.30. The minimum atomic E-state index is -0.519. The van der Waals surface area contributed by atoms with E-state index in [4.69, 9.17) is 16.3 Å². The molecule has 5 nitrogen and oxygen atoms in total. The van der Waals surface area contributed by atoms with Crippen LogP contribution in [-0.2, 0) is 9.53 Å². The fourth-order valence-electron chi connectivity index (χ4n) is 4.16. The highest BCUT2D eigenvalue weighted by atomic mass is 35.5. The Labute approximate surface area is 164 Å². The first kappa shape index (κ1) is 20.1. The Morgan fingerprint density at radius 2 is 1.96 bits per heavy atom. The van der Waals surface area contributed by atoms with E-state index in [2.05, 4.69) is 10.2 Å². The van der Waals surface area contributed by atoms with E-state index in [0.717, 1.165) is 25.9 Å². The van der Waals surface area contributed by atoms with Gasteiger partial charge in [0.15, 0.2) is 0 Å². The van der Waals surface area contributed by atoms with Crippen LogP contribution in [0.15, 0.2) is 18.2 Å². The lowest BCUT2D eigenvalue weighted by molar-refractivity contribution is -0.163. The maximum absolute atomic E-state index is 13.3. The molecule has 1 aromatic carbocycles. The van der Waals surface area contributed by atoms with Crippen molar-refractivity contribution in [2.75, 3.05) is 26.2 Å². The van der Waals surface area contributed by atoms with Crippen molar-refractivity contribution in [1.29, 1.82) is 0 Å². The van der Waals surface area contributed by atoms with Gasteiger partial charge in [-0.15, -0.1) is 0 Å². The molecule has 0 bridgehead atoms. The number of likely N-dealkylation sites (tertiary alicyclic amines) is 1. The van der Waals surface area contributed by atoms with Crippen LogP contribution in [-0.4, -0.2) is 48.6 Å². The Kier molecular flexibility index (Phi) is 5.50. The van der Waals surface area contributed by atoms with Crippen LogP contribution in [0.5, 0.6) is 0 Å². The Morgan fingerprint density at radius 3 is 2.56 bits per heavy atom. The van der Waals surface area contributed by atoms with Gasteiger partial charge < -0.3 is 10.1 Å². The van der Waals surface area contributed by atoms with Crippen molar-refractivity contribution in [2.45, 2.75) is 39.2 Å². The number of ether oxygens (including phenoxy) is 1. The number of benzene rings is 1. The van der Waals surface area contributed by atoms with Gasteiger partial charge in [-0.2, -0.15) is 0 Å². The molecule has 1 heterocycles. The molecule has 1 aromatic rings. The third-order valence-corrected chi connectivity index (χ3v) is 5.23. The molecule has 1 N–H and O–H groups in total. The summed E-state index contributed by atoms with van der Waals surface area (Å²) in [6, 6.07) is 3.82. The molecule has 1 saturated carbocycles. The van der Waals surface area contributed by atoms with Crippen LogP contribution in [0.2, 0.25) is 5.02 Å². The first-order valence-corrected chi connectivity index (χ1v) is 9.60. The van der Waals surface area contributed by atoms with Crippen molar-refractivity contribution in [3.8, 4) is 0 Å². The molecule has 3 rings (SSSR count). The fourth-order valence-corrected chi connectivity index (χ4v) is 4.38. The normalized spacial score (nSPS) is 19.3. The number of hydrogen-bond acceptors (Lipinski definition) is 4. The molecular formula is C20H26ClFN2O3. The Bertz CT molecular complexity index is 713. The molecule has 0 radical (unpaired) electrons. The molecule has 1 saturated heterocycles. The number of nitrogens with zero attached hydrogens (tertiary/aromatic N) is 1. The topological polar surface area (TPSA) is 58.6 Å². The second-order valence-corrected chi connectivity index (χ2v) is 9.31. The van der Waals surface area contributed by atoms with Crippen LogP contribution in [0.25, 0.3) is 0 Å². The van der Waals surface area contributed by atoms with Crippen molar-refractivity contribution in [3.05, 3.63) is 34.6 Å². The lowest BCUT2D eigenvalue weighted by Gasteiger charge is -2.59. The van der Waals surface area contributed by atoms with E-state index in [-0.39, 0.29) is 27.9 Å². The van der Waals surface area contributed by atoms with Crippen LogP contribution in [0.3, 0.4) is 0 Å². The first-order valence-electron chi connectivity index (χ1n) is 9.22. The monoisotopic (exact) mass is 396 g/mol. The van der Waals surface area contributed by atoms with Gasteiger partial charge in [0.25, 0.3) is 5.91 Å². The molecule has 1 aliphatic carbocycles. The zero-order valence-electron chi connectivity index (χ0n) is 16.0. The summed E-state index contributed by atoms with van der Waals surface area (Å²) in [4.78, 5) is 26.1. The molecule has 148 valence electrons. The predicted octanol–water partition coefficient (Wildman–Crippen LogP) is 3.26. The van der Waals surface area contributed by atoms with Gasteiger partial charge in [-0.05, 0) is 63.1 Å². The molecule has 1 aliphatic heterocycles. The van der Waals surface area contributed by atoms with Gasteiger partial charge in [-0.1, -0.05) is 11.6 Å². The summed E-state index contributed by atoms with van der Waals surface area (Å²) in [6.07, 6.45) is 2.06. The number of esters is 1. The van der Waals surface area contributed by atoms with Crippen LogP contribution in [0.1, 0.15) is 44.0 Å². The average molecular weight is 397 g/mol. The van der Waals surface area contributed by atoms with E-state index < -0.39 is 11.4 Å². The molecule has 2 fully saturated rings. The summed E-state index contributed by atoms with van der Waals surface area (Å²) in [5.74, 6) is -0.594. The first-order chi connectivity index (χ1) is 12.5. The molecule has 0 atom stereocenters. The van der Waals surface area contributed by atoms with E-state index in [0.29, 0.717) is 19.0 Å². The predicted molar refractivity (Wildman–Crippen MR) is 101 cm³/mol. The highest BCUT2D eigenvalue weighted by Gasteiger charge is 2.52. The standard InChI is InChI=1S/C20H26ClFN2O3/c1-19(2,3)27-17(25)10-24-11-20(12-24)7-13(8-20)9-23-18(26)14-4-15(21)6-16(22)5-14/h4-6,13H,7-12H2,1-3H3,(H,23,26).